The van der Waals surface area contributed by atoms with Crippen molar-refractivity contribution >= 4 is 39.0 Å². The minimum atomic E-state index is -3.59. The highest BCUT2D eigenvalue weighted by atomic mass is 32.2. The second-order valence-corrected chi connectivity index (χ2v) is 11.6. The van der Waals surface area contributed by atoms with Crippen LogP contribution in [0.4, 0.5) is 0 Å². The van der Waals surface area contributed by atoms with Crippen molar-refractivity contribution in [3.63, 3.8) is 0 Å². The molecule has 1 saturated carbocycles. The van der Waals surface area contributed by atoms with Crippen LogP contribution in [-0.4, -0.2) is 42.5 Å². The standard InChI is InChI=1S/C19H22N2O3S3/c22-18(20-14-19(10-11-19)26-15-6-2-1-3-7-15)16-8-4-12-21(16)27(23,24)17-9-5-13-25-17/h1-3,5-7,9,13,16H,4,8,10-12,14H2,(H,20,22). The van der Waals surface area contributed by atoms with Crippen molar-refractivity contribution in [2.75, 3.05) is 13.1 Å². The number of nitrogens with zero attached hydrogens (tertiary/aromatic N) is 1. The van der Waals surface area contributed by atoms with Crippen LogP contribution in [0.15, 0.2) is 56.9 Å². The smallest absolute Gasteiger partial charge is 0.253 e. The first-order chi connectivity index (χ1) is 13.0. The highest BCUT2D eigenvalue weighted by Gasteiger charge is 2.45. The lowest BCUT2D eigenvalue weighted by atomic mass is 10.2. The molecule has 1 aromatic heterocycles. The van der Waals surface area contributed by atoms with E-state index in [1.807, 2.05) is 18.2 Å². The monoisotopic (exact) mass is 422 g/mol. The summed E-state index contributed by atoms with van der Waals surface area (Å²) in [7, 11) is -3.59. The fraction of sp³-hybridized carbons (Fsp3) is 0.421. The Balaban J connectivity index is 1.39. The molecule has 1 aromatic carbocycles. The molecule has 1 aliphatic heterocycles. The molecule has 1 N–H and O–H groups in total. The molecule has 144 valence electrons. The van der Waals surface area contributed by atoms with Gasteiger partial charge in [0, 0.05) is 22.7 Å². The van der Waals surface area contributed by atoms with Gasteiger partial charge in [-0.05, 0) is 49.3 Å². The number of benzene rings is 1. The summed E-state index contributed by atoms with van der Waals surface area (Å²) >= 11 is 3.00. The van der Waals surface area contributed by atoms with E-state index in [1.54, 1.807) is 29.3 Å². The lowest BCUT2D eigenvalue weighted by Crippen LogP contribution is -2.47. The van der Waals surface area contributed by atoms with Gasteiger partial charge in [-0.25, -0.2) is 8.42 Å². The van der Waals surface area contributed by atoms with E-state index in [1.165, 1.54) is 20.5 Å². The maximum absolute atomic E-state index is 12.8. The fourth-order valence-corrected chi connectivity index (χ4v) is 7.39. The van der Waals surface area contributed by atoms with E-state index in [9.17, 15) is 13.2 Å². The van der Waals surface area contributed by atoms with Crippen molar-refractivity contribution in [1.82, 2.24) is 9.62 Å². The molecule has 8 heteroatoms. The minimum absolute atomic E-state index is 0.0487. The molecule has 27 heavy (non-hydrogen) atoms. The van der Waals surface area contributed by atoms with E-state index in [-0.39, 0.29) is 10.7 Å². The van der Waals surface area contributed by atoms with Gasteiger partial charge in [-0.3, -0.25) is 4.79 Å². The summed E-state index contributed by atoms with van der Waals surface area (Å²) in [5, 5.41) is 4.78. The van der Waals surface area contributed by atoms with Crippen LogP contribution in [0.2, 0.25) is 0 Å². The van der Waals surface area contributed by atoms with Crippen molar-refractivity contribution < 1.29 is 13.2 Å². The van der Waals surface area contributed by atoms with E-state index in [0.29, 0.717) is 30.1 Å². The van der Waals surface area contributed by atoms with Gasteiger partial charge in [0.1, 0.15) is 10.3 Å². The molecule has 2 aliphatic rings. The highest BCUT2D eigenvalue weighted by Crippen LogP contribution is 2.51. The number of carbonyl (C=O) groups excluding carboxylic acids is 1. The van der Waals surface area contributed by atoms with Gasteiger partial charge in [-0.15, -0.1) is 23.1 Å². The molecule has 1 amide bonds. The first kappa shape index (κ1) is 19.0. The Hall–Kier alpha value is -1.35. The van der Waals surface area contributed by atoms with Gasteiger partial charge in [0.15, 0.2) is 0 Å². The Labute approximate surface area is 168 Å². The molecule has 0 bridgehead atoms. The van der Waals surface area contributed by atoms with Gasteiger partial charge in [0.05, 0.1) is 0 Å². The van der Waals surface area contributed by atoms with Gasteiger partial charge in [0.2, 0.25) is 5.91 Å². The molecule has 0 radical (unpaired) electrons. The normalized spacial score (nSPS) is 21.9. The largest absolute Gasteiger partial charge is 0.353 e. The molecule has 2 fully saturated rings. The quantitative estimate of drug-likeness (QED) is 0.743. The molecule has 5 nitrogen and oxygen atoms in total. The summed E-state index contributed by atoms with van der Waals surface area (Å²) < 4.78 is 27.4. The molecule has 2 aromatic rings. The third kappa shape index (κ3) is 4.08. The van der Waals surface area contributed by atoms with Crippen molar-refractivity contribution in [3.8, 4) is 0 Å². The molecule has 2 heterocycles. The van der Waals surface area contributed by atoms with Crippen LogP contribution in [0.25, 0.3) is 0 Å². The Bertz CT molecular complexity index is 894. The number of sulfonamides is 1. The Morgan fingerprint density at radius 3 is 2.67 bits per heavy atom. The number of hydrogen-bond acceptors (Lipinski definition) is 5. The molecular weight excluding hydrogens is 400 g/mol. The van der Waals surface area contributed by atoms with E-state index in [2.05, 4.69) is 17.4 Å². The predicted molar refractivity (Wildman–Crippen MR) is 109 cm³/mol. The summed E-state index contributed by atoms with van der Waals surface area (Å²) in [6.45, 7) is 0.983. The number of thiophene rings is 1. The average Bonchev–Trinajstić information content (AvgIpc) is 3.11. The van der Waals surface area contributed by atoms with Crippen LogP contribution in [0.1, 0.15) is 25.7 Å². The van der Waals surface area contributed by atoms with Gasteiger partial charge >= 0.3 is 0 Å². The molecule has 1 atom stereocenters. The molecule has 0 spiro atoms. The Morgan fingerprint density at radius 1 is 1.22 bits per heavy atom. The Morgan fingerprint density at radius 2 is 2.00 bits per heavy atom. The second-order valence-electron chi connectivity index (χ2n) is 7.02. The van der Waals surface area contributed by atoms with Crippen LogP contribution in [-0.2, 0) is 14.8 Å². The SMILES string of the molecule is O=C(NCC1(Sc2ccccc2)CC1)C1CCCN1S(=O)(=O)c1cccs1. The van der Waals surface area contributed by atoms with Crippen LogP contribution in [0, 0.1) is 0 Å². The van der Waals surface area contributed by atoms with Gasteiger partial charge in [-0.2, -0.15) is 4.31 Å². The first-order valence-corrected chi connectivity index (χ1v) is 12.2. The maximum Gasteiger partial charge on any atom is 0.253 e. The topological polar surface area (TPSA) is 66.5 Å². The number of rotatable bonds is 7. The number of amides is 1. The second kappa shape index (κ2) is 7.58. The van der Waals surface area contributed by atoms with Crippen molar-refractivity contribution in [2.24, 2.45) is 0 Å². The summed E-state index contributed by atoms with van der Waals surface area (Å²) in [6, 6.07) is 12.9. The summed E-state index contributed by atoms with van der Waals surface area (Å²) in [5.41, 5.74) is 0. The van der Waals surface area contributed by atoms with Crippen molar-refractivity contribution in [2.45, 2.75) is 45.6 Å². The molecule has 1 saturated heterocycles. The zero-order chi connectivity index (χ0) is 18.9. The summed E-state index contributed by atoms with van der Waals surface area (Å²) in [6.07, 6.45) is 3.42. The lowest BCUT2D eigenvalue weighted by Gasteiger charge is -2.24. The van der Waals surface area contributed by atoms with Crippen LogP contribution in [0.5, 0.6) is 0 Å². The van der Waals surface area contributed by atoms with Crippen LogP contribution in [0.3, 0.4) is 0 Å². The number of carbonyl (C=O) groups is 1. The lowest BCUT2D eigenvalue weighted by molar-refractivity contribution is -0.124. The van der Waals surface area contributed by atoms with E-state index < -0.39 is 16.1 Å². The summed E-state index contributed by atoms with van der Waals surface area (Å²) in [5.74, 6) is -0.174. The van der Waals surface area contributed by atoms with Gasteiger partial charge in [0.25, 0.3) is 10.0 Å². The molecule has 1 unspecified atom stereocenters. The Kier molecular flexibility index (Phi) is 5.33. The van der Waals surface area contributed by atoms with E-state index in [4.69, 9.17) is 0 Å². The van der Waals surface area contributed by atoms with Gasteiger partial charge < -0.3 is 5.32 Å². The van der Waals surface area contributed by atoms with Gasteiger partial charge in [-0.1, -0.05) is 24.3 Å². The van der Waals surface area contributed by atoms with E-state index >= 15 is 0 Å². The fourth-order valence-electron chi connectivity index (χ4n) is 3.37. The highest BCUT2D eigenvalue weighted by molar-refractivity contribution is 8.01. The molecular formula is C19H22N2O3S3. The zero-order valence-corrected chi connectivity index (χ0v) is 17.3. The number of hydrogen-bond donors (Lipinski definition) is 1. The van der Waals surface area contributed by atoms with Crippen LogP contribution < -0.4 is 5.32 Å². The molecule has 1 aliphatic carbocycles. The predicted octanol–water partition coefficient (Wildman–Crippen LogP) is 3.34. The third-order valence-corrected chi connectivity index (χ3v) is 9.81. The first-order valence-electron chi connectivity index (χ1n) is 9.07. The summed E-state index contributed by atoms with van der Waals surface area (Å²) in [4.78, 5) is 14.0. The molecule has 4 rings (SSSR count). The minimum Gasteiger partial charge on any atom is -0.353 e. The zero-order valence-electron chi connectivity index (χ0n) is 14.8. The average molecular weight is 423 g/mol. The van der Waals surface area contributed by atoms with E-state index in [0.717, 1.165) is 12.8 Å². The third-order valence-electron chi connectivity index (χ3n) is 5.03. The van der Waals surface area contributed by atoms with Crippen molar-refractivity contribution in [3.05, 3.63) is 47.8 Å². The maximum atomic E-state index is 12.8. The van der Waals surface area contributed by atoms with Crippen molar-refractivity contribution in [1.29, 1.82) is 0 Å². The number of thioether (sulfide) groups is 1. The number of nitrogens with one attached hydrogen (secondary N) is 1. The van der Waals surface area contributed by atoms with Crippen LogP contribution >= 0.6 is 23.1 Å².